The molecule has 26 heavy (non-hydrogen) atoms. The Kier molecular flexibility index (Phi) is 7.79. The van der Waals surface area contributed by atoms with Crippen LogP contribution in [0.25, 0.3) is 10.9 Å². The van der Waals surface area contributed by atoms with Gasteiger partial charge in [-0.05, 0) is 50.9 Å². The zero-order chi connectivity index (χ0) is 17.6. The monoisotopic (exact) mass is 380 g/mol. The third kappa shape index (κ3) is 4.71. The Bertz CT molecular complexity index is 708. The molecule has 0 atom stereocenters. The molecule has 0 bridgehead atoms. The minimum atomic E-state index is -0.303. The number of aromatic amines is 1. The van der Waals surface area contributed by atoms with Gasteiger partial charge in [0.15, 0.2) is 0 Å². The standard InChI is InChI=1S/C20H28N2O3.ClH/c1-3-4-11-22-12-9-15(10-13-22)14-25-20(23)18-16-7-5-6-8-17(16)21-19(18)24-2;/h5-8,15,21H,3-4,9-14H2,1-2H3;1H. The van der Waals surface area contributed by atoms with Crippen molar-refractivity contribution in [2.45, 2.75) is 32.6 Å². The first-order valence-electron chi connectivity index (χ1n) is 9.27. The van der Waals surface area contributed by atoms with Crippen molar-refractivity contribution in [2.24, 2.45) is 5.92 Å². The van der Waals surface area contributed by atoms with E-state index in [-0.39, 0.29) is 18.4 Å². The fraction of sp³-hybridized carbons (Fsp3) is 0.550. The Labute approximate surface area is 161 Å². The number of para-hydroxylation sites is 1. The molecule has 1 aromatic heterocycles. The number of benzene rings is 1. The Morgan fingerprint density at radius 3 is 2.69 bits per heavy atom. The number of hydrogen-bond donors (Lipinski definition) is 1. The average Bonchev–Trinajstić information content (AvgIpc) is 3.04. The van der Waals surface area contributed by atoms with Crippen LogP contribution >= 0.6 is 12.4 Å². The molecule has 1 aliphatic heterocycles. The van der Waals surface area contributed by atoms with Crippen LogP contribution in [0, 0.1) is 5.92 Å². The number of carbonyl (C=O) groups excluding carboxylic acids is 1. The van der Waals surface area contributed by atoms with E-state index in [0.717, 1.165) is 36.8 Å². The van der Waals surface area contributed by atoms with Gasteiger partial charge in [-0.15, -0.1) is 12.4 Å². The van der Waals surface area contributed by atoms with Crippen LogP contribution in [0.3, 0.4) is 0 Å². The molecule has 0 unspecified atom stereocenters. The van der Waals surface area contributed by atoms with Gasteiger partial charge in [0, 0.05) is 10.9 Å². The molecule has 1 aliphatic rings. The van der Waals surface area contributed by atoms with Gasteiger partial charge in [0.2, 0.25) is 5.88 Å². The van der Waals surface area contributed by atoms with Gasteiger partial charge in [-0.1, -0.05) is 31.5 Å². The summed E-state index contributed by atoms with van der Waals surface area (Å²) in [5, 5.41) is 0.846. The van der Waals surface area contributed by atoms with Gasteiger partial charge in [-0.3, -0.25) is 0 Å². The molecule has 6 heteroatoms. The maximum Gasteiger partial charge on any atom is 0.344 e. The van der Waals surface area contributed by atoms with Crippen molar-refractivity contribution >= 4 is 29.3 Å². The Morgan fingerprint density at radius 1 is 1.27 bits per heavy atom. The largest absolute Gasteiger partial charge is 0.482 e. The van der Waals surface area contributed by atoms with Crippen molar-refractivity contribution in [1.29, 1.82) is 0 Å². The molecule has 0 saturated carbocycles. The van der Waals surface area contributed by atoms with E-state index in [4.69, 9.17) is 9.47 Å². The molecule has 0 amide bonds. The second-order valence-electron chi connectivity index (χ2n) is 6.82. The lowest BCUT2D eigenvalue weighted by molar-refractivity contribution is 0.0371. The Balaban J connectivity index is 0.00000243. The number of rotatable bonds is 7. The van der Waals surface area contributed by atoms with Crippen LogP contribution in [-0.2, 0) is 4.74 Å². The summed E-state index contributed by atoms with van der Waals surface area (Å²) in [6.45, 7) is 6.13. The van der Waals surface area contributed by atoms with Gasteiger partial charge >= 0.3 is 5.97 Å². The molecular formula is C20H29ClN2O3. The normalized spacial score (nSPS) is 15.6. The number of halogens is 1. The highest BCUT2D eigenvalue weighted by molar-refractivity contribution is 6.06. The summed E-state index contributed by atoms with van der Waals surface area (Å²) in [5.41, 5.74) is 1.38. The number of carbonyl (C=O) groups is 1. The third-order valence-electron chi connectivity index (χ3n) is 5.07. The van der Waals surface area contributed by atoms with Crippen molar-refractivity contribution in [2.75, 3.05) is 33.4 Å². The van der Waals surface area contributed by atoms with Crippen LogP contribution in [-0.4, -0.2) is 49.2 Å². The maximum atomic E-state index is 12.6. The van der Waals surface area contributed by atoms with Crippen LogP contribution in [0.1, 0.15) is 43.0 Å². The quantitative estimate of drug-likeness (QED) is 0.729. The van der Waals surface area contributed by atoms with Gasteiger partial charge in [-0.2, -0.15) is 0 Å². The fourth-order valence-electron chi connectivity index (χ4n) is 3.50. The lowest BCUT2D eigenvalue weighted by Crippen LogP contribution is -2.36. The van der Waals surface area contributed by atoms with Crippen LogP contribution < -0.4 is 4.74 Å². The van der Waals surface area contributed by atoms with E-state index in [1.165, 1.54) is 19.4 Å². The molecule has 1 aromatic carbocycles. The predicted molar refractivity (Wildman–Crippen MR) is 106 cm³/mol. The van der Waals surface area contributed by atoms with Gasteiger partial charge in [0.05, 0.1) is 13.7 Å². The van der Waals surface area contributed by atoms with Crippen molar-refractivity contribution in [1.82, 2.24) is 9.88 Å². The summed E-state index contributed by atoms with van der Waals surface area (Å²) in [6.07, 6.45) is 4.70. The summed E-state index contributed by atoms with van der Waals surface area (Å²) in [5.74, 6) is 0.626. The lowest BCUT2D eigenvalue weighted by atomic mass is 9.97. The number of esters is 1. The molecule has 1 saturated heterocycles. The van der Waals surface area contributed by atoms with Crippen molar-refractivity contribution in [3.63, 3.8) is 0 Å². The molecule has 1 fully saturated rings. The number of nitrogens with zero attached hydrogens (tertiary/aromatic N) is 1. The summed E-state index contributed by atoms with van der Waals surface area (Å²) in [4.78, 5) is 18.3. The number of likely N-dealkylation sites (tertiary alicyclic amines) is 1. The van der Waals surface area contributed by atoms with E-state index < -0.39 is 0 Å². The van der Waals surface area contributed by atoms with Crippen molar-refractivity contribution in [3.8, 4) is 5.88 Å². The van der Waals surface area contributed by atoms with E-state index in [1.54, 1.807) is 7.11 Å². The van der Waals surface area contributed by atoms with Gasteiger partial charge in [0.25, 0.3) is 0 Å². The molecule has 0 spiro atoms. The van der Waals surface area contributed by atoms with Crippen molar-refractivity contribution in [3.05, 3.63) is 29.8 Å². The average molecular weight is 381 g/mol. The first-order chi connectivity index (χ1) is 12.2. The molecule has 2 aromatic rings. The number of ether oxygens (including phenoxy) is 2. The minimum Gasteiger partial charge on any atom is -0.482 e. The number of piperidine rings is 1. The molecule has 1 N–H and O–H groups in total. The Hall–Kier alpha value is -1.72. The second-order valence-corrected chi connectivity index (χ2v) is 6.82. The molecule has 3 rings (SSSR count). The van der Waals surface area contributed by atoms with Gasteiger partial charge < -0.3 is 19.4 Å². The number of aromatic nitrogens is 1. The number of hydrogen-bond acceptors (Lipinski definition) is 4. The maximum absolute atomic E-state index is 12.6. The van der Waals surface area contributed by atoms with Crippen LogP contribution in [0.2, 0.25) is 0 Å². The SMILES string of the molecule is CCCCN1CCC(COC(=O)c2c(OC)[nH]c3ccccc23)CC1.Cl. The number of H-pyrrole nitrogens is 1. The smallest absolute Gasteiger partial charge is 0.344 e. The predicted octanol–water partition coefficient (Wildman–Crippen LogP) is 4.27. The summed E-state index contributed by atoms with van der Waals surface area (Å²) in [7, 11) is 1.56. The van der Waals surface area contributed by atoms with E-state index >= 15 is 0 Å². The van der Waals surface area contributed by atoms with Crippen molar-refractivity contribution < 1.29 is 14.3 Å². The van der Waals surface area contributed by atoms with Crippen LogP contribution in [0.15, 0.2) is 24.3 Å². The fourth-order valence-corrected chi connectivity index (χ4v) is 3.50. The summed E-state index contributed by atoms with van der Waals surface area (Å²) < 4.78 is 11.0. The molecule has 0 radical (unpaired) electrons. The van der Waals surface area contributed by atoms with E-state index in [9.17, 15) is 4.79 Å². The van der Waals surface area contributed by atoms with E-state index in [0.29, 0.717) is 24.0 Å². The van der Waals surface area contributed by atoms with Crippen LogP contribution in [0.5, 0.6) is 5.88 Å². The van der Waals surface area contributed by atoms with Crippen LogP contribution in [0.4, 0.5) is 0 Å². The highest BCUT2D eigenvalue weighted by atomic mass is 35.5. The second kappa shape index (κ2) is 9.83. The highest BCUT2D eigenvalue weighted by Gasteiger charge is 2.24. The summed E-state index contributed by atoms with van der Waals surface area (Å²) in [6, 6.07) is 7.69. The zero-order valence-corrected chi connectivity index (χ0v) is 16.4. The topological polar surface area (TPSA) is 54.6 Å². The summed E-state index contributed by atoms with van der Waals surface area (Å²) >= 11 is 0. The highest BCUT2D eigenvalue weighted by Crippen LogP contribution is 2.29. The van der Waals surface area contributed by atoms with E-state index in [2.05, 4.69) is 16.8 Å². The Morgan fingerprint density at radius 2 is 2.00 bits per heavy atom. The van der Waals surface area contributed by atoms with Gasteiger partial charge in [0.1, 0.15) is 5.56 Å². The minimum absolute atomic E-state index is 0. The molecular weight excluding hydrogens is 352 g/mol. The molecule has 2 heterocycles. The number of fused-ring (bicyclic) bond motifs is 1. The molecule has 144 valence electrons. The zero-order valence-electron chi connectivity index (χ0n) is 15.6. The van der Waals surface area contributed by atoms with Gasteiger partial charge in [-0.25, -0.2) is 4.79 Å². The number of methoxy groups -OCH3 is 1. The number of unbranched alkanes of at least 4 members (excludes halogenated alkanes) is 1. The first-order valence-corrected chi connectivity index (χ1v) is 9.27. The number of nitrogens with one attached hydrogen (secondary N) is 1. The molecule has 5 nitrogen and oxygen atoms in total. The lowest BCUT2D eigenvalue weighted by Gasteiger charge is -2.31. The first kappa shape index (κ1) is 20.6. The van der Waals surface area contributed by atoms with E-state index in [1.807, 2.05) is 24.3 Å². The third-order valence-corrected chi connectivity index (χ3v) is 5.07. The molecule has 0 aliphatic carbocycles.